The Kier molecular flexibility index (Phi) is 4.93. The molecule has 1 aliphatic heterocycles. The van der Waals surface area contributed by atoms with Crippen LogP contribution in [0.5, 0.6) is 0 Å². The van der Waals surface area contributed by atoms with Gasteiger partial charge in [0.15, 0.2) is 0 Å². The van der Waals surface area contributed by atoms with Crippen molar-refractivity contribution in [2.24, 2.45) is 0 Å². The highest BCUT2D eigenvalue weighted by molar-refractivity contribution is 5.73. The third-order valence-corrected chi connectivity index (χ3v) is 3.27. The first-order valence-corrected chi connectivity index (χ1v) is 6.15. The Balaban J connectivity index is 2.59. The maximum Gasteiger partial charge on any atom is 0.317 e. The van der Waals surface area contributed by atoms with E-state index in [9.17, 15) is 9.59 Å². The molecule has 17 heavy (non-hydrogen) atoms. The Morgan fingerprint density at radius 3 is 2.59 bits per heavy atom. The van der Waals surface area contributed by atoms with Gasteiger partial charge in [-0.1, -0.05) is 0 Å². The van der Waals surface area contributed by atoms with Crippen LogP contribution < -0.4 is 0 Å². The molecule has 0 saturated carbocycles. The maximum atomic E-state index is 11.5. The van der Waals surface area contributed by atoms with E-state index < -0.39 is 5.97 Å². The van der Waals surface area contributed by atoms with Gasteiger partial charge >= 0.3 is 5.97 Å². The third-order valence-electron chi connectivity index (χ3n) is 3.27. The van der Waals surface area contributed by atoms with E-state index in [2.05, 4.69) is 0 Å². The monoisotopic (exact) mass is 242 g/mol. The van der Waals surface area contributed by atoms with Crippen molar-refractivity contribution in [1.82, 2.24) is 9.80 Å². The van der Waals surface area contributed by atoms with E-state index in [4.69, 9.17) is 5.11 Å². The maximum absolute atomic E-state index is 11.5. The van der Waals surface area contributed by atoms with Gasteiger partial charge in [-0.15, -0.1) is 0 Å². The molecule has 1 aliphatic rings. The summed E-state index contributed by atoms with van der Waals surface area (Å²) in [6, 6.07) is 0.358. The number of carbonyl (C=O) groups is 2. The number of hydrogen-bond donors (Lipinski definition) is 1. The lowest BCUT2D eigenvalue weighted by atomic mass is 10.2. The molecule has 1 rings (SSSR count). The first-order valence-electron chi connectivity index (χ1n) is 6.15. The number of carboxylic acid groups (broad SMARTS) is 1. The van der Waals surface area contributed by atoms with E-state index in [0.29, 0.717) is 6.54 Å². The minimum atomic E-state index is -0.796. The number of carboxylic acids is 1. The molecular formula is C12H22N2O3. The minimum Gasteiger partial charge on any atom is -0.480 e. The summed E-state index contributed by atoms with van der Waals surface area (Å²) in [7, 11) is 0. The van der Waals surface area contributed by atoms with Crippen LogP contribution in [0.3, 0.4) is 0 Å². The molecule has 0 bridgehead atoms. The lowest BCUT2D eigenvalue weighted by Crippen LogP contribution is -2.46. The summed E-state index contributed by atoms with van der Waals surface area (Å²) in [6.07, 6.45) is 1.99. The highest BCUT2D eigenvalue weighted by Crippen LogP contribution is 2.18. The molecule has 0 unspecified atom stereocenters. The molecule has 0 aliphatic carbocycles. The van der Waals surface area contributed by atoms with Gasteiger partial charge in [0.25, 0.3) is 0 Å². The van der Waals surface area contributed by atoms with Crippen molar-refractivity contribution in [3.8, 4) is 0 Å². The minimum absolute atomic E-state index is 0.0576. The number of aliphatic carboxylic acids is 1. The largest absolute Gasteiger partial charge is 0.480 e. The van der Waals surface area contributed by atoms with E-state index in [1.54, 1.807) is 6.92 Å². The molecule has 0 aromatic heterocycles. The normalized spacial score (nSPS) is 20.8. The average molecular weight is 242 g/mol. The standard InChI is InChI=1S/C12H22N2O3/c1-9(2)14(10(3)15)7-11-5-4-6-13(11)8-12(16)17/h9,11H,4-8H2,1-3H3,(H,16,17)/t11-/m0/s1. The van der Waals surface area contributed by atoms with Crippen LogP contribution in [-0.2, 0) is 9.59 Å². The van der Waals surface area contributed by atoms with E-state index in [1.807, 2.05) is 23.6 Å². The highest BCUT2D eigenvalue weighted by atomic mass is 16.4. The smallest absolute Gasteiger partial charge is 0.317 e. The average Bonchev–Trinajstić information content (AvgIpc) is 2.59. The number of hydrogen-bond acceptors (Lipinski definition) is 3. The third kappa shape index (κ3) is 4.00. The molecule has 0 aromatic rings. The van der Waals surface area contributed by atoms with E-state index in [0.717, 1.165) is 19.4 Å². The fourth-order valence-corrected chi connectivity index (χ4v) is 2.41. The summed E-state index contributed by atoms with van der Waals surface area (Å²) in [5.74, 6) is -0.738. The van der Waals surface area contributed by atoms with Gasteiger partial charge in [0, 0.05) is 25.6 Å². The molecule has 1 N–H and O–H groups in total. The molecule has 1 heterocycles. The van der Waals surface area contributed by atoms with Crippen LogP contribution in [0.4, 0.5) is 0 Å². The second-order valence-electron chi connectivity index (χ2n) is 4.93. The van der Waals surface area contributed by atoms with Gasteiger partial charge in [0.2, 0.25) is 5.91 Å². The van der Waals surface area contributed by atoms with Gasteiger partial charge < -0.3 is 10.0 Å². The summed E-state index contributed by atoms with van der Waals surface area (Å²) in [5, 5.41) is 8.82. The molecule has 1 saturated heterocycles. The van der Waals surface area contributed by atoms with E-state index >= 15 is 0 Å². The summed E-state index contributed by atoms with van der Waals surface area (Å²) in [6.45, 7) is 7.07. The van der Waals surface area contributed by atoms with Crippen LogP contribution in [0.2, 0.25) is 0 Å². The Morgan fingerprint density at radius 2 is 2.12 bits per heavy atom. The fraction of sp³-hybridized carbons (Fsp3) is 0.833. The van der Waals surface area contributed by atoms with Crippen molar-refractivity contribution in [2.75, 3.05) is 19.6 Å². The van der Waals surface area contributed by atoms with Crippen LogP contribution in [0.1, 0.15) is 33.6 Å². The van der Waals surface area contributed by atoms with Crippen molar-refractivity contribution in [3.05, 3.63) is 0 Å². The lowest BCUT2D eigenvalue weighted by Gasteiger charge is -2.32. The zero-order valence-corrected chi connectivity index (χ0v) is 10.8. The lowest BCUT2D eigenvalue weighted by molar-refractivity contribution is -0.138. The predicted octanol–water partition coefficient (Wildman–Crippen LogP) is 0.792. The first kappa shape index (κ1) is 14.0. The van der Waals surface area contributed by atoms with Crippen LogP contribution in [0.25, 0.3) is 0 Å². The molecule has 1 fully saturated rings. The predicted molar refractivity (Wildman–Crippen MR) is 64.8 cm³/mol. The summed E-state index contributed by atoms with van der Waals surface area (Å²) in [4.78, 5) is 26.0. The molecular weight excluding hydrogens is 220 g/mol. The molecule has 0 radical (unpaired) electrons. The van der Waals surface area contributed by atoms with Crippen molar-refractivity contribution in [2.45, 2.75) is 45.7 Å². The van der Waals surface area contributed by atoms with Crippen molar-refractivity contribution >= 4 is 11.9 Å². The Morgan fingerprint density at radius 1 is 1.47 bits per heavy atom. The van der Waals surface area contributed by atoms with Crippen LogP contribution in [0.15, 0.2) is 0 Å². The molecule has 1 amide bonds. The Hall–Kier alpha value is -1.10. The second kappa shape index (κ2) is 6.00. The molecule has 0 aromatic carbocycles. The van der Waals surface area contributed by atoms with Gasteiger partial charge in [-0.2, -0.15) is 0 Å². The highest BCUT2D eigenvalue weighted by Gasteiger charge is 2.29. The van der Waals surface area contributed by atoms with Crippen molar-refractivity contribution < 1.29 is 14.7 Å². The van der Waals surface area contributed by atoms with E-state index in [1.165, 1.54) is 0 Å². The molecule has 1 atom stereocenters. The van der Waals surface area contributed by atoms with Crippen molar-refractivity contribution in [1.29, 1.82) is 0 Å². The SMILES string of the molecule is CC(=O)N(C[C@@H]1CCCN1CC(=O)O)C(C)C. The Labute approximate surface area is 102 Å². The van der Waals surface area contributed by atoms with Crippen molar-refractivity contribution in [3.63, 3.8) is 0 Å². The van der Waals surface area contributed by atoms with Gasteiger partial charge in [-0.05, 0) is 33.2 Å². The van der Waals surface area contributed by atoms with Gasteiger partial charge in [0.05, 0.1) is 6.54 Å². The summed E-state index contributed by atoms with van der Waals surface area (Å²) >= 11 is 0. The van der Waals surface area contributed by atoms with Crippen LogP contribution in [0, 0.1) is 0 Å². The molecule has 5 nitrogen and oxygen atoms in total. The zero-order valence-electron chi connectivity index (χ0n) is 10.8. The summed E-state index contributed by atoms with van der Waals surface area (Å²) in [5.41, 5.74) is 0. The number of likely N-dealkylation sites (tertiary alicyclic amines) is 1. The summed E-state index contributed by atoms with van der Waals surface area (Å²) < 4.78 is 0. The number of carbonyl (C=O) groups excluding carboxylic acids is 1. The van der Waals surface area contributed by atoms with E-state index in [-0.39, 0.29) is 24.5 Å². The molecule has 0 spiro atoms. The molecule has 98 valence electrons. The topological polar surface area (TPSA) is 60.9 Å². The zero-order chi connectivity index (χ0) is 13.0. The second-order valence-corrected chi connectivity index (χ2v) is 4.93. The Bertz CT molecular complexity index is 291. The molecule has 5 heteroatoms. The fourth-order valence-electron chi connectivity index (χ4n) is 2.41. The van der Waals surface area contributed by atoms with Gasteiger partial charge in [-0.3, -0.25) is 14.5 Å². The first-order chi connectivity index (χ1) is 7.91. The quantitative estimate of drug-likeness (QED) is 0.774. The number of rotatable bonds is 5. The number of nitrogens with zero attached hydrogens (tertiary/aromatic N) is 2. The number of amides is 1. The van der Waals surface area contributed by atoms with Gasteiger partial charge in [-0.25, -0.2) is 0 Å². The van der Waals surface area contributed by atoms with Crippen LogP contribution >= 0.6 is 0 Å². The van der Waals surface area contributed by atoms with Crippen LogP contribution in [-0.4, -0.2) is 58.5 Å². The van der Waals surface area contributed by atoms with Gasteiger partial charge in [0.1, 0.15) is 0 Å².